The van der Waals surface area contributed by atoms with Gasteiger partial charge in [0.1, 0.15) is 0 Å². The van der Waals surface area contributed by atoms with E-state index in [1.807, 2.05) is 18.2 Å². The van der Waals surface area contributed by atoms with Gasteiger partial charge in [0.15, 0.2) is 23.0 Å². The molecular weight excluding hydrogens is 526 g/mol. The van der Waals surface area contributed by atoms with Gasteiger partial charge in [0, 0.05) is 36.5 Å². The molecule has 1 aromatic heterocycles. The number of rotatable bonds is 10. The SMILES string of the molecule is CCCc1c(CN(Cc2ccc3c(c2)OCO3)Cc2ccc3c(c2)OCO3)c(-c2ccccc2)nn1-c1ccccc1. The molecule has 212 valence electrons. The highest BCUT2D eigenvalue weighted by Gasteiger charge is 2.24. The first-order valence-corrected chi connectivity index (χ1v) is 14.5. The summed E-state index contributed by atoms with van der Waals surface area (Å²) in [5.41, 5.74) is 8.01. The monoisotopic (exact) mass is 559 g/mol. The van der Waals surface area contributed by atoms with Gasteiger partial charge in [0.25, 0.3) is 0 Å². The fourth-order valence-corrected chi connectivity index (χ4v) is 5.74. The van der Waals surface area contributed by atoms with Gasteiger partial charge >= 0.3 is 0 Å². The molecule has 0 N–H and O–H groups in total. The number of para-hydroxylation sites is 1. The lowest BCUT2D eigenvalue weighted by Crippen LogP contribution is -2.23. The minimum atomic E-state index is 0.263. The number of benzene rings is 4. The molecule has 0 fully saturated rings. The van der Waals surface area contributed by atoms with Crippen LogP contribution in [0.25, 0.3) is 16.9 Å². The van der Waals surface area contributed by atoms with E-state index in [2.05, 4.69) is 95.4 Å². The van der Waals surface area contributed by atoms with Gasteiger partial charge in [-0.25, -0.2) is 4.68 Å². The average Bonchev–Trinajstić information content (AvgIpc) is 3.77. The van der Waals surface area contributed by atoms with Crippen LogP contribution < -0.4 is 18.9 Å². The molecule has 7 rings (SSSR count). The summed E-state index contributed by atoms with van der Waals surface area (Å²) >= 11 is 0. The predicted molar refractivity (Wildman–Crippen MR) is 161 cm³/mol. The highest BCUT2D eigenvalue weighted by Crippen LogP contribution is 2.36. The lowest BCUT2D eigenvalue weighted by molar-refractivity contribution is 0.173. The van der Waals surface area contributed by atoms with Crippen LogP contribution in [0, 0.1) is 0 Å². The Balaban J connectivity index is 1.31. The van der Waals surface area contributed by atoms with Gasteiger partial charge in [-0.3, -0.25) is 4.90 Å². The molecule has 2 aliphatic rings. The van der Waals surface area contributed by atoms with Crippen molar-refractivity contribution in [3.8, 4) is 39.9 Å². The van der Waals surface area contributed by atoms with E-state index in [0.717, 1.165) is 83.5 Å². The summed E-state index contributed by atoms with van der Waals surface area (Å²) in [5.74, 6) is 3.18. The van der Waals surface area contributed by atoms with E-state index in [1.54, 1.807) is 0 Å². The number of hydrogen-bond acceptors (Lipinski definition) is 6. The number of fused-ring (bicyclic) bond motifs is 2. The van der Waals surface area contributed by atoms with Crippen LogP contribution in [-0.4, -0.2) is 28.3 Å². The third-order valence-electron chi connectivity index (χ3n) is 7.69. The van der Waals surface area contributed by atoms with Crippen molar-refractivity contribution < 1.29 is 18.9 Å². The first kappa shape index (κ1) is 26.2. The zero-order chi connectivity index (χ0) is 28.3. The largest absolute Gasteiger partial charge is 0.454 e. The highest BCUT2D eigenvalue weighted by atomic mass is 16.7. The van der Waals surface area contributed by atoms with E-state index >= 15 is 0 Å². The molecule has 0 aliphatic carbocycles. The first-order valence-electron chi connectivity index (χ1n) is 14.5. The van der Waals surface area contributed by atoms with Crippen molar-refractivity contribution in [1.29, 1.82) is 0 Å². The fourth-order valence-electron chi connectivity index (χ4n) is 5.74. The van der Waals surface area contributed by atoms with Crippen LogP contribution >= 0.6 is 0 Å². The Morgan fingerprint density at radius 2 is 1.24 bits per heavy atom. The molecule has 0 atom stereocenters. The summed E-state index contributed by atoms with van der Waals surface area (Å²) in [7, 11) is 0. The molecule has 0 radical (unpaired) electrons. The standard InChI is InChI=1S/C35H33N3O4/c1-2-9-30-29(35(27-10-5-3-6-11-27)36-38(30)28-12-7-4-8-13-28)22-37(20-25-14-16-31-33(18-25)41-23-39-31)21-26-15-17-32-34(19-26)42-24-40-32/h3-8,10-19H,2,9,20-24H2,1H3. The molecule has 3 heterocycles. The summed E-state index contributed by atoms with van der Waals surface area (Å²) in [4.78, 5) is 2.47. The molecule has 5 aromatic rings. The van der Waals surface area contributed by atoms with Crippen molar-refractivity contribution in [2.45, 2.75) is 39.4 Å². The summed E-state index contributed by atoms with van der Waals surface area (Å²) < 4.78 is 24.7. The van der Waals surface area contributed by atoms with Gasteiger partial charge in [-0.05, 0) is 53.9 Å². The smallest absolute Gasteiger partial charge is 0.231 e. The van der Waals surface area contributed by atoms with Crippen molar-refractivity contribution in [3.05, 3.63) is 119 Å². The lowest BCUT2D eigenvalue weighted by Gasteiger charge is -2.24. The fraction of sp³-hybridized carbons (Fsp3) is 0.229. The van der Waals surface area contributed by atoms with Crippen molar-refractivity contribution in [2.75, 3.05) is 13.6 Å². The molecule has 2 aliphatic heterocycles. The Hall–Kier alpha value is -4.75. The Morgan fingerprint density at radius 1 is 0.667 bits per heavy atom. The number of aromatic nitrogens is 2. The quantitative estimate of drug-likeness (QED) is 0.181. The van der Waals surface area contributed by atoms with E-state index < -0.39 is 0 Å². The molecule has 7 nitrogen and oxygen atoms in total. The van der Waals surface area contributed by atoms with E-state index in [0.29, 0.717) is 0 Å². The average molecular weight is 560 g/mol. The van der Waals surface area contributed by atoms with Crippen LogP contribution in [0.2, 0.25) is 0 Å². The second-order valence-electron chi connectivity index (χ2n) is 10.7. The molecule has 0 saturated carbocycles. The number of ether oxygens (including phenoxy) is 4. The Kier molecular flexibility index (Phi) is 7.24. The van der Waals surface area contributed by atoms with Crippen molar-refractivity contribution in [2.24, 2.45) is 0 Å². The molecule has 42 heavy (non-hydrogen) atoms. The molecule has 4 aromatic carbocycles. The second-order valence-corrected chi connectivity index (χ2v) is 10.7. The summed E-state index contributed by atoms with van der Waals surface area (Å²) in [6, 6.07) is 33.4. The molecule has 0 saturated heterocycles. The maximum atomic E-state index is 5.70. The van der Waals surface area contributed by atoms with Crippen molar-refractivity contribution in [1.82, 2.24) is 14.7 Å². The zero-order valence-electron chi connectivity index (χ0n) is 23.7. The maximum absolute atomic E-state index is 5.70. The summed E-state index contributed by atoms with van der Waals surface area (Å²) in [6.45, 7) is 4.92. The third-order valence-corrected chi connectivity index (χ3v) is 7.69. The van der Waals surface area contributed by atoms with Crippen LogP contribution in [0.4, 0.5) is 0 Å². The number of nitrogens with zero attached hydrogens (tertiary/aromatic N) is 3. The second kappa shape index (κ2) is 11.6. The van der Waals surface area contributed by atoms with Crippen LogP contribution in [0.5, 0.6) is 23.0 Å². The van der Waals surface area contributed by atoms with Crippen molar-refractivity contribution >= 4 is 0 Å². The van der Waals surface area contributed by atoms with Crippen LogP contribution in [0.1, 0.15) is 35.7 Å². The normalized spacial score (nSPS) is 13.2. The Labute approximate surface area is 245 Å². The topological polar surface area (TPSA) is 58.0 Å². The minimum Gasteiger partial charge on any atom is -0.454 e. The van der Waals surface area contributed by atoms with Crippen LogP contribution in [-0.2, 0) is 26.1 Å². The molecule has 7 heteroatoms. The molecule has 0 unspecified atom stereocenters. The van der Waals surface area contributed by atoms with Gasteiger partial charge in [-0.15, -0.1) is 0 Å². The van der Waals surface area contributed by atoms with Gasteiger partial charge in [-0.1, -0.05) is 74.0 Å². The maximum Gasteiger partial charge on any atom is 0.231 e. The van der Waals surface area contributed by atoms with Gasteiger partial charge < -0.3 is 18.9 Å². The Morgan fingerprint density at radius 3 is 1.83 bits per heavy atom. The molecule has 0 bridgehead atoms. The zero-order valence-corrected chi connectivity index (χ0v) is 23.7. The van der Waals surface area contributed by atoms with Gasteiger partial charge in [-0.2, -0.15) is 5.10 Å². The van der Waals surface area contributed by atoms with Crippen molar-refractivity contribution in [3.63, 3.8) is 0 Å². The van der Waals surface area contributed by atoms with E-state index in [4.69, 9.17) is 24.0 Å². The molecule has 0 spiro atoms. The highest BCUT2D eigenvalue weighted by molar-refractivity contribution is 5.65. The molecule has 0 amide bonds. The van der Waals surface area contributed by atoms with E-state index in [1.165, 1.54) is 11.3 Å². The lowest BCUT2D eigenvalue weighted by atomic mass is 10.0. The van der Waals surface area contributed by atoms with Gasteiger partial charge in [0.2, 0.25) is 13.6 Å². The summed E-state index contributed by atoms with van der Waals surface area (Å²) in [5, 5.41) is 5.25. The molecular formula is C35H33N3O4. The third kappa shape index (κ3) is 5.31. The first-order chi connectivity index (χ1) is 20.7. The minimum absolute atomic E-state index is 0.263. The van der Waals surface area contributed by atoms with Crippen LogP contribution in [0.3, 0.4) is 0 Å². The van der Waals surface area contributed by atoms with E-state index in [9.17, 15) is 0 Å². The number of hydrogen-bond donors (Lipinski definition) is 0. The Bertz CT molecular complexity index is 1620. The van der Waals surface area contributed by atoms with E-state index in [-0.39, 0.29) is 13.6 Å². The summed E-state index contributed by atoms with van der Waals surface area (Å²) in [6.07, 6.45) is 1.94. The van der Waals surface area contributed by atoms with Gasteiger partial charge in [0.05, 0.1) is 11.4 Å². The predicted octanol–water partition coefficient (Wildman–Crippen LogP) is 7.15. The van der Waals surface area contributed by atoms with Crippen LogP contribution in [0.15, 0.2) is 97.1 Å².